The molecule has 0 spiro atoms. The zero-order chi connectivity index (χ0) is 18.6. The van der Waals surface area contributed by atoms with Gasteiger partial charge in [-0.15, -0.1) is 0 Å². The number of aromatic nitrogens is 1. The third kappa shape index (κ3) is 3.56. The molecule has 0 unspecified atom stereocenters. The predicted molar refractivity (Wildman–Crippen MR) is 104 cm³/mol. The van der Waals surface area contributed by atoms with E-state index in [2.05, 4.69) is 16.4 Å². The van der Waals surface area contributed by atoms with Gasteiger partial charge in [0.15, 0.2) is 23.0 Å². The molecule has 0 saturated heterocycles. The van der Waals surface area contributed by atoms with Crippen LogP contribution < -0.4 is 24.3 Å². The lowest BCUT2D eigenvalue weighted by molar-refractivity contribution is 0.171. The number of ether oxygens (including phenoxy) is 4. The molecule has 140 valence electrons. The van der Waals surface area contributed by atoms with Crippen LogP contribution in [0.25, 0.3) is 10.8 Å². The molecule has 1 aliphatic heterocycles. The van der Waals surface area contributed by atoms with Gasteiger partial charge in [-0.2, -0.15) is 0 Å². The number of rotatable bonds is 6. The van der Waals surface area contributed by atoms with Crippen LogP contribution in [0.2, 0.25) is 0 Å². The first-order valence-electron chi connectivity index (χ1n) is 8.91. The molecule has 2 aromatic carbocycles. The van der Waals surface area contributed by atoms with Crippen LogP contribution in [0.15, 0.2) is 42.6 Å². The van der Waals surface area contributed by atoms with E-state index in [4.69, 9.17) is 18.9 Å². The molecule has 1 aliphatic rings. The molecular weight excluding hydrogens is 344 g/mol. The molecule has 6 heteroatoms. The summed E-state index contributed by atoms with van der Waals surface area (Å²) in [6, 6.07) is 12.0. The second kappa shape index (κ2) is 7.61. The van der Waals surface area contributed by atoms with Gasteiger partial charge in [0.05, 0.1) is 14.2 Å². The molecule has 0 fully saturated rings. The SMILES string of the molecule is COc1cc2ccnc(NCCc3ccc4c(c3)OCCO4)c2cc1OC. The van der Waals surface area contributed by atoms with Gasteiger partial charge in [-0.25, -0.2) is 4.98 Å². The summed E-state index contributed by atoms with van der Waals surface area (Å²) < 4.78 is 22.0. The molecule has 0 bridgehead atoms. The van der Waals surface area contributed by atoms with E-state index in [0.29, 0.717) is 24.7 Å². The summed E-state index contributed by atoms with van der Waals surface area (Å²) in [7, 11) is 3.27. The first-order valence-corrected chi connectivity index (χ1v) is 8.91. The average molecular weight is 366 g/mol. The molecule has 4 rings (SSSR count). The average Bonchev–Trinajstić information content (AvgIpc) is 2.72. The van der Waals surface area contributed by atoms with Crippen LogP contribution in [-0.4, -0.2) is 39.0 Å². The third-order valence-electron chi connectivity index (χ3n) is 4.58. The highest BCUT2D eigenvalue weighted by Crippen LogP contribution is 2.34. The maximum absolute atomic E-state index is 5.65. The van der Waals surface area contributed by atoms with Gasteiger partial charge in [0.1, 0.15) is 19.0 Å². The molecule has 0 radical (unpaired) electrons. The molecule has 27 heavy (non-hydrogen) atoms. The second-order valence-corrected chi connectivity index (χ2v) is 6.24. The van der Waals surface area contributed by atoms with E-state index in [1.807, 2.05) is 30.3 Å². The van der Waals surface area contributed by atoms with E-state index in [0.717, 1.165) is 41.1 Å². The van der Waals surface area contributed by atoms with E-state index < -0.39 is 0 Å². The van der Waals surface area contributed by atoms with E-state index in [1.54, 1.807) is 20.4 Å². The van der Waals surface area contributed by atoms with Crippen molar-refractivity contribution in [3.63, 3.8) is 0 Å². The Morgan fingerprint density at radius 2 is 1.74 bits per heavy atom. The number of nitrogens with one attached hydrogen (secondary N) is 1. The third-order valence-corrected chi connectivity index (χ3v) is 4.58. The zero-order valence-electron chi connectivity index (χ0n) is 15.5. The monoisotopic (exact) mass is 366 g/mol. The van der Waals surface area contributed by atoms with E-state index in [9.17, 15) is 0 Å². The number of benzene rings is 2. The van der Waals surface area contributed by atoms with Crippen molar-refractivity contribution in [3.05, 3.63) is 48.2 Å². The van der Waals surface area contributed by atoms with Gasteiger partial charge in [0.2, 0.25) is 0 Å². The number of hydrogen-bond donors (Lipinski definition) is 1. The predicted octanol–water partition coefficient (Wildman–Crippen LogP) is 3.68. The Balaban J connectivity index is 1.50. The first-order chi connectivity index (χ1) is 13.3. The normalized spacial score (nSPS) is 12.7. The van der Waals surface area contributed by atoms with Crippen LogP contribution in [0.4, 0.5) is 5.82 Å². The minimum atomic E-state index is 0.597. The van der Waals surface area contributed by atoms with Gasteiger partial charge in [0, 0.05) is 18.1 Å². The Morgan fingerprint density at radius 3 is 2.56 bits per heavy atom. The summed E-state index contributed by atoms with van der Waals surface area (Å²) in [5.74, 6) is 3.85. The molecule has 0 saturated carbocycles. The molecule has 2 heterocycles. The lowest BCUT2D eigenvalue weighted by atomic mass is 10.1. The molecule has 1 aromatic heterocycles. The number of nitrogens with zero attached hydrogens (tertiary/aromatic N) is 1. The summed E-state index contributed by atoms with van der Waals surface area (Å²) >= 11 is 0. The largest absolute Gasteiger partial charge is 0.493 e. The summed E-state index contributed by atoms with van der Waals surface area (Å²) in [5, 5.41) is 5.47. The van der Waals surface area contributed by atoms with Crippen LogP contribution in [0.1, 0.15) is 5.56 Å². The van der Waals surface area contributed by atoms with Crippen LogP contribution >= 0.6 is 0 Å². The van der Waals surface area contributed by atoms with Crippen molar-refractivity contribution < 1.29 is 18.9 Å². The molecule has 0 aliphatic carbocycles. The Morgan fingerprint density at radius 1 is 0.963 bits per heavy atom. The fourth-order valence-corrected chi connectivity index (χ4v) is 3.21. The van der Waals surface area contributed by atoms with Crippen LogP contribution in [0, 0.1) is 0 Å². The fourth-order valence-electron chi connectivity index (χ4n) is 3.21. The van der Waals surface area contributed by atoms with E-state index in [-0.39, 0.29) is 0 Å². The highest BCUT2D eigenvalue weighted by atomic mass is 16.6. The molecule has 0 amide bonds. The molecule has 1 N–H and O–H groups in total. The van der Waals surface area contributed by atoms with Crippen molar-refractivity contribution in [2.45, 2.75) is 6.42 Å². The van der Waals surface area contributed by atoms with Gasteiger partial charge in [-0.3, -0.25) is 0 Å². The second-order valence-electron chi connectivity index (χ2n) is 6.24. The van der Waals surface area contributed by atoms with Gasteiger partial charge < -0.3 is 24.3 Å². The van der Waals surface area contributed by atoms with Gasteiger partial charge >= 0.3 is 0 Å². The minimum Gasteiger partial charge on any atom is -0.493 e. The van der Waals surface area contributed by atoms with Crippen LogP contribution in [-0.2, 0) is 6.42 Å². The van der Waals surface area contributed by atoms with Gasteiger partial charge in [0.25, 0.3) is 0 Å². The highest BCUT2D eigenvalue weighted by molar-refractivity contribution is 5.94. The summed E-state index contributed by atoms with van der Waals surface area (Å²) in [6.07, 6.45) is 2.64. The van der Waals surface area contributed by atoms with E-state index >= 15 is 0 Å². The molecule has 3 aromatic rings. The van der Waals surface area contributed by atoms with E-state index in [1.165, 1.54) is 5.56 Å². The molecule has 6 nitrogen and oxygen atoms in total. The number of pyridine rings is 1. The zero-order valence-corrected chi connectivity index (χ0v) is 15.5. The molecule has 0 atom stereocenters. The topological polar surface area (TPSA) is 61.8 Å². The van der Waals surface area contributed by atoms with Gasteiger partial charge in [-0.05, 0) is 47.7 Å². The fraction of sp³-hybridized carbons (Fsp3) is 0.286. The Bertz CT molecular complexity index is 958. The van der Waals surface area contributed by atoms with Crippen molar-refractivity contribution in [3.8, 4) is 23.0 Å². The van der Waals surface area contributed by atoms with Crippen LogP contribution in [0.5, 0.6) is 23.0 Å². The summed E-state index contributed by atoms with van der Waals surface area (Å²) in [6.45, 7) is 1.95. The van der Waals surface area contributed by atoms with Crippen molar-refractivity contribution in [1.29, 1.82) is 0 Å². The number of anilines is 1. The van der Waals surface area contributed by atoms with Crippen molar-refractivity contribution >= 4 is 16.6 Å². The summed E-state index contributed by atoms with van der Waals surface area (Å²) in [5.41, 5.74) is 1.19. The Hall–Kier alpha value is -3.15. The number of methoxy groups -OCH3 is 2. The molecular formula is C21H22N2O4. The quantitative estimate of drug-likeness (QED) is 0.718. The van der Waals surface area contributed by atoms with Crippen molar-refractivity contribution in [2.24, 2.45) is 0 Å². The lowest BCUT2D eigenvalue weighted by Crippen LogP contribution is -2.15. The lowest BCUT2D eigenvalue weighted by Gasteiger charge is -2.19. The number of hydrogen-bond acceptors (Lipinski definition) is 6. The van der Waals surface area contributed by atoms with Crippen molar-refractivity contribution in [1.82, 2.24) is 4.98 Å². The minimum absolute atomic E-state index is 0.597. The standard InChI is InChI=1S/C21H22N2O4/c1-24-18-12-15-6-8-23-21(16(15)13-19(18)25-2)22-7-5-14-3-4-17-20(11-14)27-10-9-26-17/h3-4,6,8,11-13H,5,7,9-10H2,1-2H3,(H,22,23). The maximum atomic E-state index is 5.65. The first kappa shape index (κ1) is 17.3. The van der Waals surface area contributed by atoms with Crippen LogP contribution in [0.3, 0.4) is 0 Å². The maximum Gasteiger partial charge on any atom is 0.161 e. The van der Waals surface area contributed by atoms with Gasteiger partial charge in [-0.1, -0.05) is 6.07 Å². The smallest absolute Gasteiger partial charge is 0.161 e. The number of fused-ring (bicyclic) bond motifs is 2. The Labute approximate surface area is 158 Å². The Kier molecular flexibility index (Phi) is 4.87. The summed E-state index contributed by atoms with van der Waals surface area (Å²) in [4.78, 5) is 4.49. The highest BCUT2D eigenvalue weighted by Gasteiger charge is 2.12. The van der Waals surface area contributed by atoms with Crippen molar-refractivity contribution in [2.75, 3.05) is 39.3 Å².